The van der Waals surface area contributed by atoms with Gasteiger partial charge >= 0.3 is 0 Å². The van der Waals surface area contributed by atoms with E-state index in [1.165, 1.54) is 9.99 Å². The lowest BCUT2D eigenvalue weighted by molar-refractivity contribution is 0.126. The van der Waals surface area contributed by atoms with Gasteiger partial charge in [0, 0.05) is 65.1 Å². The quantitative estimate of drug-likeness (QED) is 0.814. The van der Waals surface area contributed by atoms with Crippen molar-refractivity contribution in [2.24, 2.45) is 0 Å². The third-order valence-corrected chi connectivity index (χ3v) is 7.01. The number of nitrogens with zero attached hydrogens (tertiary/aromatic N) is 4. The summed E-state index contributed by atoms with van der Waals surface area (Å²) in [6.07, 6.45) is 2.03. The smallest absolute Gasteiger partial charge is 0.281 e. The van der Waals surface area contributed by atoms with Gasteiger partial charge < -0.3 is 4.90 Å². The molecule has 1 aromatic rings. The van der Waals surface area contributed by atoms with Crippen molar-refractivity contribution in [3.63, 3.8) is 0 Å². The zero-order valence-electron chi connectivity index (χ0n) is 14.6. The van der Waals surface area contributed by atoms with Crippen LogP contribution in [-0.2, 0) is 10.2 Å². The zero-order chi connectivity index (χ0) is 17.2. The van der Waals surface area contributed by atoms with Crippen molar-refractivity contribution in [1.82, 2.24) is 13.5 Å². The molecular formula is C17H28N4O2S. The van der Waals surface area contributed by atoms with Gasteiger partial charge in [0.15, 0.2) is 0 Å². The van der Waals surface area contributed by atoms with Crippen LogP contribution >= 0.6 is 0 Å². The summed E-state index contributed by atoms with van der Waals surface area (Å²) < 4.78 is 27.7. The first-order valence-corrected chi connectivity index (χ1v) is 10.1. The van der Waals surface area contributed by atoms with E-state index in [-0.39, 0.29) is 0 Å². The highest BCUT2D eigenvalue weighted by atomic mass is 32.2. The van der Waals surface area contributed by atoms with E-state index < -0.39 is 10.2 Å². The molecule has 0 N–H and O–H groups in total. The molecule has 24 heavy (non-hydrogen) atoms. The van der Waals surface area contributed by atoms with Crippen molar-refractivity contribution >= 4 is 15.9 Å². The lowest BCUT2D eigenvalue weighted by Crippen LogP contribution is -2.56. The van der Waals surface area contributed by atoms with Gasteiger partial charge in [0.25, 0.3) is 10.2 Å². The van der Waals surface area contributed by atoms with Gasteiger partial charge in [-0.15, -0.1) is 0 Å². The maximum atomic E-state index is 12.4. The summed E-state index contributed by atoms with van der Waals surface area (Å²) in [7, 11) is -0.0783. The van der Waals surface area contributed by atoms with Gasteiger partial charge in [-0.3, -0.25) is 4.90 Å². The molecule has 6 nitrogen and oxygen atoms in total. The standard InChI is InChI=1S/C17H28N4O2S/c1-18(2)24(22,23)21-10-6-9-17(15-21)20-13-11-19(12-14-20)16-7-4-3-5-8-16/h3-5,7-8,17H,6,9-15H2,1-2H3. The van der Waals surface area contributed by atoms with Crippen LogP contribution in [-0.4, -0.2) is 81.3 Å². The third-order valence-electron chi connectivity index (χ3n) is 5.10. The maximum Gasteiger partial charge on any atom is 0.281 e. The van der Waals surface area contributed by atoms with Crippen LogP contribution in [0.1, 0.15) is 12.8 Å². The van der Waals surface area contributed by atoms with Crippen LogP contribution in [0, 0.1) is 0 Å². The van der Waals surface area contributed by atoms with Crippen molar-refractivity contribution in [3.8, 4) is 0 Å². The predicted molar refractivity (Wildman–Crippen MR) is 97.4 cm³/mol. The van der Waals surface area contributed by atoms with E-state index >= 15 is 0 Å². The predicted octanol–water partition coefficient (Wildman–Crippen LogP) is 1.08. The number of piperazine rings is 1. The molecule has 1 unspecified atom stereocenters. The van der Waals surface area contributed by atoms with E-state index in [2.05, 4.69) is 34.1 Å². The first-order chi connectivity index (χ1) is 11.5. The average Bonchev–Trinajstić information content (AvgIpc) is 2.62. The Morgan fingerprint density at radius 2 is 1.67 bits per heavy atom. The molecule has 0 spiro atoms. The topological polar surface area (TPSA) is 47.1 Å². The van der Waals surface area contributed by atoms with Gasteiger partial charge in [-0.05, 0) is 25.0 Å². The molecule has 7 heteroatoms. The number of rotatable bonds is 4. The van der Waals surface area contributed by atoms with Gasteiger partial charge in [-0.2, -0.15) is 17.0 Å². The minimum Gasteiger partial charge on any atom is -0.369 e. The van der Waals surface area contributed by atoms with E-state index in [1.807, 2.05) is 6.07 Å². The molecule has 2 fully saturated rings. The number of benzene rings is 1. The van der Waals surface area contributed by atoms with Crippen LogP contribution in [0.4, 0.5) is 5.69 Å². The molecule has 0 radical (unpaired) electrons. The maximum absolute atomic E-state index is 12.4. The highest BCUT2D eigenvalue weighted by Gasteiger charge is 2.34. The highest BCUT2D eigenvalue weighted by Crippen LogP contribution is 2.22. The molecule has 1 atom stereocenters. The fourth-order valence-electron chi connectivity index (χ4n) is 3.64. The number of piperidine rings is 1. The van der Waals surface area contributed by atoms with E-state index in [0.717, 1.165) is 39.0 Å². The number of para-hydroxylation sites is 1. The van der Waals surface area contributed by atoms with Gasteiger partial charge in [0.05, 0.1) is 0 Å². The Bertz CT molecular complexity index is 627. The molecule has 2 aliphatic rings. The van der Waals surface area contributed by atoms with E-state index in [0.29, 0.717) is 19.1 Å². The van der Waals surface area contributed by atoms with Crippen LogP contribution in [0.15, 0.2) is 30.3 Å². The SMILES string of the molecule is CN(C)S(=O)(=O)N1CCCC(N2CCN(c3ccccc3)CC2)C1. The highest BCUT2D eigenvalue weighted by molar-refractivity contribution is 7.86. The Morgan fingerprint density at radius 1 is 1.00 bits per heavy atom. The van der Waals surface area contributed by atoms with Crippen LogP contribution in [0.2, 0.25) is 0 Å². The Morgan fingerprint density at radius 3 is 2.29 bits per heavy atom. The largest absolute Gasteiger partial charge is 0.369 e. The Balaban J connectivity index is 1.58. The fourth-order valence-corrected chi connectivity index (χ4v) is 4.83. The molecule has 0 amide bonds. The van der Waals surface area contributed by atoms with Gasteiger partial charge in [0.2, 0.25) is 0 Å². The van der Waals surface area contributed by atoms with Crippen molar-refractivity contribution in [2.45, 2.75) is 18.9 Å². The molecule has 0 bridgehead atoms. The van der Waals surface area contributed by atoms with Crippen LogP contribution < -0.4 is 4.90 Å². The van der Waals surface area contributed by atoms with Crippen molar-refractivity contribution < 1.29 is 8.42 Å². The van der Waals surface area contributed by atoms with E-state index in [1.54, 1.807) is 18.4 Å². The van der Waals surface area contributed by atoms with Crippen molar-refractivity contribution in [3.05, 3.63) is 30.3 Å². The summed E-state index contributed by atoms with van der Waals surface area (Å²) in [6, 6.07) is 10.8. The van der Waals surface area contributed by atoms with Crippen molar-refractivity contribution in [2.75, 3.05) is 58.3 Å². The molecule has 0 saturated carbocycles. The first-order valence-electron chi connectivity index (χ1n) is 8.70. The number of hydrogen-bond acceptors (Lipinski definition) is 4. The molecule has 1 aromatic carbocycles. The van der Waals surface area contributed by atoms with Crippen LogP contribution in [0.25, 0.3) is 0 Å². The fraction of sp³-hybridized carbons (Fsp3) is 0.647. The summed E-state index contributed by atoms with van der Waals surface area (Å²) in [5.74, 6) is 0. The zero-order valence-corrected chi connectivity index (χ0v) is 15.5. The number of hydrogen-bond donors (Lipinski definition) is 0. The second-order valence-electron chi connectivity index (χ2n) is 6.80. The monoisotopic (exact) mass is 352 g/mol. The molecule has 2 aliphatic heterocycles. The van der Waals surface area contributed by atoms with Crippen molar-refractivity contribution in [1.29, 1.82) is 0 Å². The average molecular weight is 353 g/mol. The molecule has 2 saturated heterocycles. The molecule has 3 rings (SSSR count). The summed E-state index contributed by atoms with van der Waals surface area (Å²) in [5, 5.41) is 0. The Kier molecular flexibility index (Phi) is 5.44. The lowest BCUT2D eigenvalue weighted by Gasteiger charge is -2.43. The Labute approximate surface area is 145 Å². The summed E-state index contributed by atoms with van der Waals surface area (Å²) in [4.78, 5) is 4.88. The molecule has 134 valence electrons. The number of anilines is 1. The summed E-state index contributed by atoms with van der Waals surface area (Å²) >= 11 is 0. The van der Waals surface area contributed by atoms with E-state index in [9.17, 15) is 8.42 Å². The van der Waals surface area contributed by atoms with Gasteiger partial charge in [-0.25, -0.2) is 0 Å². The molecule has 0 aliphatic carbocycles. The Hall–Kier alpha value is -1.15. The molecule has 2 heterocycles. The molecular weight excluding hydrogens is 324 g/mol. The lowest BCUT2D eigenvalue weighted by atomic mass is 10.0. The van der Waals surface area contributed by atoms with Gasteiger partial charge in [0.1, 0.15) is 0 Å². The molecule has 0 aromatic heterocycles. The third kappa shape index (κ3) is 3.74. The summed E-state index contributed by atoms with van der Waals surface area (Å²) in [6.45, 7) is 5.25. The second kappa shape index (κ2) is 7.39. The second-order valence-corrected chi connectivity index (χ2v) is 8.95. The first kappa shape index (κ1) is 17.7. The minimum absolute atomic E-state index is 0.339. The van der Waals surface area contributed by atoms with E-state index in [4.69, 9.17) is 0 Å². The minimum atomic E-state index is -3.30. The van der Waals surface area contributed by atoms with Crippen LogP contribution in [0.5, 0.6) is 0 Å². The van der Waals surface area contributed by atoms with Gasteiger partial charge in [-0.1, -0.05) is 18.2 Å². The van der Waals surface area contributed by atoms with Crippen LogP contribution in [0.3, 0.4) is 0 Å². The normalized spacial score (nSPS) is 24.5. The summed E-state index contributed by atoms with van der Waals surface area (Å²) in [5.41, 5.74) is 1.28.